The van der Waals surface area contributed by atoms with E-state index in [0.717, 1.165) is 30.0 Å². The zero-order valence-electron chi connectivity index (χ0n) is 23.8. The fraction of sp³-hybridized carbons (Fsp3) is 0.414. The van der Waals surface area contributed by atoms with E-state index in [0.29, 0.717) is 47.1 Å². The number of allylic oxidation sites excluding steroid dienone is 2. The van der Waals surface area contributed by atoms with Crippen LogP contribution < -0.4 is 20.5 Å². The molecule has 2 aromatic rings. The normalized spacial score (nSPS) is 13.1. The highest BCUT2D eigenvalue weighted by molar-refractivity contribution is 6.00. The summed E-state index contributed by atoms with van der Waals surface area (Å²) in [6, 6.07) is 5.61. The van der Waals surface area contributed by atoms with Crippen LogP contribution in [-0.4, -0.2) is 67.4 Å². The highest BCUT2D eigenvalue weighted by atomic mass is 16.5. The van der Waals surface area contributed by atoms with E-state index in [2.05, 4.69) is 38.9 Å². The van der Waals surface area contributed by atoms with Crippen LogP contribution in [0.2, 0.25) is 0 Å². The molecule has 10 heteroatoms. The van der Waals surface area contributed by atoms with Gasteiger partial charge in [-0.05, 0) is 59.7 Å². The highest BCUT2D eigenvalue weighted by Gasteiger charge is 2.22. The van der Waals surface area contributed by atoms with Crippen molar-refractivity contribution >= 4 is 30.2 Å². The maximum absolute atomic E-state index is 13.5. The van der Waals surface area contributed by atoms with Gasteiger partial charge in [0.1, 0.15) is 5.82 Å². The molecule has 3 heterocycles. The van der Waals surface area contributed by atoms with Crippen LogP contribution in [-0.2, 0) is 9.53 Å². The Morgan fingerprint density at radius 1 is 1.21 bits per heavy atom. The molecule has 2 N–H and O–H groups in total. The van der Waals surface area contributed by atoms with Gasteiger partial charge in [0.05, 0.1) is 18.9 Å². The third kappa shape index (κ3) is 7.29. The first-order valence-electron chi connectivity index (χ1n) is 13.0. The van der Waals surface area contributed by atoms with Gasteiger partial charge in [-0.2, -0.15) is 5.10 Å². The zero-order chi connectivity index (χ0) is 28.7. The molecule has 208 valence electrons. The quantitative estimate of drug-likeness (QED) is 0.271. The van der Waals surface area contributed by atoms with Gasteiger partial charge in [-0.25, -0.2) is 15.0 Å². The summed E-state index contributed by atoms with van der Waals surface area (Å²) >= 11 is 0. The summed E-state index contributed by atoms with van der Waals surface area (Å²) in [6.45, 7) is 21.6. The van der Waals surface area contributed by atoms with Crippen molar-refractivity contribution in [3.63, 3.8) is 0 Å². The Balaban J connectivity index is 1.98. The number of amides is 2. The first-order valence-corrected chi connectivity index (χ1v) is 13.0. The van der Waals surface area contributed by atoms with E-state index in [-0.39, 0.29) is 24.4 Å². The second kappa shape index (κ2) is 13.1. The largest absolute Gasteiger partial charge is 0.378 e. The van der Waals surface area contributed by atoms with Crippen molar-refractivity contribution in [1.82, 2.24) is 20.6 Å². The molecule has 2 amide bonds. The second-order valence-electron chi connectivity index (χ2n) is 9.98. The van der Waals surface area contributed by atoms with E-state index < -0.39 is 0 Å². The van der Waals surface area contributed by atoms with Gasteiger partial charge >= 0.3 is 0 Å². The molecule has 39 heavy (non-hydrogen) atoms. The van der Waals surface area contributed by atoms with Crippen molar-refractivity contribution in [3.8, 4) is 11.3 Å². The Kier molecular flexibility index (Phi) is 9.95. The molecule has 0 saturated carbocycles. The average Bonchev–Trinajstić information content (AvgIpc) is 2.89. The number of pyridine rings is 2. The minimum atomic E-state index is -0.329. The molecular formula is C29H39N7O3. The summed E-state index contributed by atoms with van der Waals surface area (Å²) in [7, 11) is 0. The van der Waals surface area contributed by atoms with E-state index in [9.17, 15) is 9.59 Å². The van der Waals surface area contributed by atoms with Crippen LogP contribution in [0.15, 0.2) is 52.9 Å². The molecule has 3 rings (SSSR count). The molecule has 0 spiro atoms. The Labute approximate surface area is 230 Å². The number of hydrogen-bond acceptors (Lipinski definition) is 8. The van der Waals surface area contributed by atoms with Crippen LogP contribution in [0.4, 0.5) is 11.6 Å². The lowest BCUT2D eigenvalue weighted by molar-refractivity contribution is -0.116. The van der Waals surface area contributed by atoms with Crippen molar-refractivity contribution in [2.75, 3.05) is 42.8 Å². The van der Waals surface area contributed by atoms with Gasteiger partial charge in [0.25, 0.3) is 11.8 Å². The SMILES string of the molecule is C=NN(c1nc(-c2ccc(N3CCOCC3)nc2)cc(C(=O)NCC(C(=O)NC(=C)C)=C(C)C)c1C)C(C)C. The molecule has 1 fully saturated rings. The molecule has 2 aromatic heterocycles. The monoisotopic (exact) mass is 533 g/mol. The first-order chi connectivity index (χ1) is 18.5. The number of morpholine rings is 1. The minimum absolute atomic E-state index is 0.0372. The summed E-state index contributed by atoms with van der Waals surface area (Å²) in [5, 5.41) is 11.5. The average molecular weight is 534 g/mol. The molecule has 1 saturated heterocycles. The van der Waals surface area contributed by atoms with Gasteiger partial charge in [0.2, 0.25) is 0 Å². The number of nitrogens with one attached hydrogen (secondary N) is 2. The third-order valence-corrected chi connectivity index (χ3v) is 6.36. The maximum atomic E-state index is 13.5. The number of hydrazone groups is 1. The lowest BCUT2D eigenvalue weighted by Crippen LogP contribution is -2.36. The molecule has 0 bridgehead atoms. The van der Waals surface area contributed by atoms with Crippen LogP contribution in [0, 0.1) is 6.92 Å². The van der Waals surface area contributed by atoms with Crippen LogP contribution in [0.3, 0.4) is 0 Å². The number of anilines is 2. The van der Waals surface area contributed by atoms with E-state index in [1.54, 1.807) is 24.2 Å². The summed E-state index contributed by atoms with van der Waals surface area (Å²) in [4.78, 5) is 37.8. The van der Waals surface area contributed by atoms with E-state index in [1.165, 1.54) is 0 Å². The van der Waals surface area contributed by atoms with Crippen molar-refractivity contribution in [2.24, 2.45) is 5.10 Å². The smallest absolute Gasteiger partial charge is 0.253 e. The predicted octanol–water partition coefficient (Wildman–Crippen LogP) is 3.84. The van der Waals surface area contributed by atoms with E-state index in [1.807, 2.05) is 46.8 Å². The molecule has 1 aliphatic rings. The van der Waals surface area contributed by atoms with Crippen molar-refractivity contribution in [1.29, 1.82) is 0 Å². The summed E-state index contributed by atoms with van der Waals surface area (Å²) in [5.74, 6) is 0.780. The molecule has 0 atom stereocenters. The Bertz CT molecular complexity index is 1260. The van der Waals surface area contributed by atoms with Gasteiger partial charge in [0.15, 0.2) is 5.82 Å². The number of carbonyl (C=O) groups excluding carboxylic acids is 2. The molecule has 10 nitrogen and oxygen atoms in total. The topological polar surface area (TPSA) is 112 Å². The third-order valence-electron chi connectivity index (χ3n) is 6.36. The van der Waals surface area contributed by atoms with Gasteiger partial charge in [-0.15, -0.1) is 0 Å². The lowest BCUT2D eigenvalue weighted by atomic mass is 10.0. The highest BCUT2D eigenvalue weighted by Crippen LogP contribution is 2.29. The van der Waals surface area contributed by atoms with Crippen LogP contribution in [0.5, 0.6) is 0 Å². The van der Waals surface area contributed by atoms with Crippen LogP contribution in [0.25, 0.3) is 11.3 Å². The maximum Gasteiger partial charge on any atom is 0.253 e. The fourth-order valence-corrected chi connectivity index (χ4v) is 4.21. The van der Waals surface area contributed by atoms with Crippen molar-refractivity contribution in [3.05, 3.63) is 58.9 Å². The van der Waals surface area contributed by atoms with Gasteiger partial charge in [-0.1, -0.05) is 12.2 Å². The number of hydrogen-bond donors (Lipinski definition) is 2. The number of carbonyl (C=O) groups is 2. The Morgan fingerprint density at radius 2 is 1.90 bits per heavy atom. The summed E-state index contributed by atoms with van der Waals surface area (Å²) < 4.78 is 5.44. The van der Waals surface area contributed by atoms with Crippen molar-refractivity contribution in [2.45, 2.75) is 47.6 Å². The summed E-state index contributed by atoms with van der Waals surface area (Å²) in [6.07, 6.45) is 1.76. The van der Waals surface area contributed by atoms with Gasteiger partial charge in [0, 0.05) is 66.6 Å². The van der Waals surface area contributed by atoms with Gasteiger partial charge < -0.3 is 20.3 Å². The number of nitrogens with zero attached hydrogens (tertiary/aromatic N) is 5. The molecule has 0 unspecified atom stereocenters. The fourth-order valence-electron chi connectivity index (χ4n) is 4.21. The van der Waals surface area contributed by atoms with Crippen molar-refractivity contribution < 1.29 is 14.3 Å². The standard InChI is InChI=1S/C29H39N7O3/c1-18(2)24(29(38)33-19(3)4)17-32-28(37)23-15-25(34-27(21(23)7)36(30-8)20(5)6)22-9-10-26(31-16-22)35-11-13-39-14-12-35/h9-10,15-16,20H,3,8,11-14,17H2,1-2,4-7H3,(H,32,37)(H,33,38). The van der Waals surface area contributed by atoms with E-state index >= 15 is 0 Å². The molecule has 1 aliphatic heterocycles. The van der Waals surface area contributed by atoms with Crippen LogP contribution in [0.1, 0.15) is 50.5 Å². The number of rotatable bonds is 10. The second-order valence-corrected chi connectivity index (χ2v) is 9.98. The Hall–Kier alpha value is -4.05. The predicted molar refractivity (Wildman–Crippen MR) is 156 cm³/mol. The van der Waals surface area contributed by atoms with Gasteiger partial charge in [-0.3, -0.25) is 9.59 Å². The minimum Gasteiger partial charge on any atom is -0.378 e. The number of ether oxygens (including phenoxy) is 1. The summed E-state index contributed by atoms with van der Waals surface area (Å²) in [5.41, 5.74) is 4.23. The first kappa shape index (κ1) is 29.5. The number of aromatic nitrogens is 2. The zero-order valence-corrected chi connectivity index (χ0v) is 23.8. The molecule has 0 aromatic carbocycles. The Morgan fingerprint density at radius 3 is 2.44 bits per heavy atom. The van der Waals surface area contributed by atoms with Crippen LogP contribution >= 0.6 is 0 Å². The van der Waals surface area contributed by atoms with E-state index in [4.69, 9.17) is 9.72 Å². The molecule has 0 radical (unpaired) electrons. The molecule has 0 aliphatic carbocycles. The lowest BCUT2D eigenvalue weighted by Gasteiger charge is -2.28. The molecular weight excluding hydrogens is 494 g/mol.